The average Bonchev–Trinajstić information content (AvgIpc) is 2.68. The third kappa shape index (κ3) is 3.78. The van der Waals surface area contributed by atoms with Crippen LogP contribution in [0.2, 0.25) is 0 Å². The molecule has 0 amide bonds. The number of anilines is 2. The van der Waals surface area contributed by atoms with Crippen molar-refractivity contribution in [3.8, 4) is 24.3 Å². The normalized spacial score (nSPS) is 9.29. The van der Waals surface area contributed by atoms with Crippen LogP contribution in [0.25, 0.3) is 22.9 Å². The van der Waals surface area contributed by atoms with E-state index in [4.69, 9.17) is 21.0 Å². The van der Waals surface area contributed by atoms with E-state index in [1.165, 1.54) is 0 Å². The Balaban J connectivity index is 3.04. The van der Waals surface area contributed by atoms with Crippen LogP contribution < -0.4 is 9.80 Å². The van der Waals surface area contributed by atoms with Crippen LogP contribution in [0.15, 0.2) is 35.4 Å². The lowest BCUT2D eigenvalue weighted by atomic mass is 9.96. The van der Waals surface area contributed by atoms with Crippen molar-refractivity contribution in [1.82, 2.24) is 0 Å². The maximum absolute atomic E-state index is 9.14. The number of benzene rings is 2. The number of hydrogen-bond acceptors (Lipinski definition) is 6. The fourth-order valence-electron chi connectivity index (χ4n) is 3.10. The Labute approximate surface area is 164 Å². The highest BCUT2D eigenvalue weighted by Gasteiger charge is 2.17. The predicted molar refractivity (Wildman–Crippen MR) is 111 cm³/mol. The zero-order valence-electron chi connectivity index (χ0n) is 16.1. The summed E-state index contributed by atoms with van der Waals surface area (Å²) in [6.45, 7) is 0. The lowest BCUT2D eigenvalue weighted by Crippen LogP contribution is -2.15. The van der Waals surface area contributed by atoms with Gasteiger partial charge in [0.2, 0.25) is 0 Å². The Kier molecular flexibility index (Phi) is 6.03. The third-order valence-corrected chi connectivity index (χ3v) is 4.17. The van der Waals surface area contributed by atoms with Crippen molar-refractivity contribution in [2.75, 3.05) is 38.0 Å². The first-order valence-electron chi connectivity index (χ1n) is 8.36. The van der Waals surface area contributed by atoms with Crippen molar-refractivity contribution in [2.45, 2.75) is 0 Å². The standard InChI is InChI=1S/C22H18N6/c1-27(2)21-18(9-15(11-23)12-24)7-5-17-6-8-19(10-16(13-25)14-26)22(20(17)21)28(3)4/h5-10H,1-4H3. The molecule has 2 rings (SSSR count). The Morgan fingerprint density at radius 1 is 0.679 bits per heavy atom. The summed E-state index contributed by atoms with van der Waals surface area (Å²) in [6.07, 6.45) is 3.12. The molecule has 0 saturated heterocycles. The molecule has 2 aromatic rings. The van der Waals surface area contributed by atoms with Crippen molar-refractivity contribution in [3.63, 3.8) is 0 Å². The van der Waals surface area contributed by atoms with Crippen LogP contribution in [0.3, 0.4) is 0 Å². The second-order valence-corrected chi connectivity index (χ2v) is 6.46. The molecule has 0 atom stereocenters. The third-order valence-electron chi connectivity index (χ3n) is 4.17. The van der Waals surface area contributed by atoms with Gasteiger partial charge in [-0.05, 0) is 17.5 Å². The minimum Gasteiger partial charge on any atom is -0.377 e. The lowest BCUT2D eigenvalue weighted by molar-refractivity contribution is 1.12. The molecule has 0 aliphatic rings. The Bertz CT molecular complexity index is 1030. The monoisotopic (exact) mass is 366 g/mol. The molecule has 0 bridgehead atoms. The molecule has 0 heterocycles. The van der Waals surface area contributed by atoms with Gasteiger partial charge in [0.05, 0.1) is 11.4 Å². The van der Waals surface area contributed by atoms with Gasteiger partial charge in [-0.15, -0.1) is 0 Å². The summed E-state index contributed by atoms with van der Waals surface area (Å²) >= 11 is 0. The van der Waals surface area contributed by atoms with Crippen LogP contribution in [-0.4, -0.2) is 28.2 Å². The van der Waals surface area contributed by atoms with Gasteiger partial charge in [-0.1, -0.05) is 24.3 Å². The van der Waals surface area contributed by atoms with Crippen molar-refractivity contribution >= 4 is 34.3 Å². The van der Waals surface area contributed by atoms with E-state index in [0.29, 0.717) is 0 Å². The van der Waals surface area contributed by atoms with Gasteiger partial charge in [0, 0.05) is 44.7 Å². The van der Waals surface area contributed by atoms with E-state index in [0.717, 1.165) is 33.3 Å². The summed E-state index contributed by atoms with van der Waals surface area (Å²) in [7, 11) is 7.57. The minimum absolute atomic E-state index is 0.0150. The van der Waals surface area contributed by atoms with E-state index in [1.807, 2.05) is 86.5 Å². The molecular weight excluding hydrogens is 348 g/mol. The van der Waals surface area contributed by atoms with Crippen LogP contribution in [0.5, 0.6) is 0 Å². The Morgan fingerprint density at radius 3 is 1.32 bits per heavy atom. The second-order valence-electron chi connectivity index (χ2n) is 6.46. The molecule has 0 spiro atoms. The SMILES string of the molecule is CN(C)c1c(C=C(C#N)C#N)ccc2ccc(C=C(C#N)C#N)c(N(C)C)c12. The summed E-state index contributed by atoms with van der Waals surface area (Å²) < 4.78 is 0. The summed E-state index contributed by atoms with van der Waals surface area (Å²) in [5.41, 5.74) is 3.19. The number of allylic oxidation sites excluding steroid dienone is 2. The van der Waals surface area contributed by atoms with Gasteiger partial charge in [-0.25, -0.2) is 0 Å². The predicted octanol–water partition coefficient (Wildman–Crippen LogP) is 3.83. The summed E-state index contributed by atoms with van der Waals surface area (Å²) in [5, 5.41) is 38.4. The molecule has 6 nitrogen and oxygen atoms in total. The summed E-state index contributed by atoms with van der Waals surface area (Å²) in [4.78, 5) is 3.85. The highest BCUT2D eigenvalue weighted by molar-refractivity contribution is 6.09. The van der Waals surface area contributed by atoms with Crippen LogP contribution in [0.4, 0.5) is 11.4 Å². The molecule has 0 unspecified atom stereocenters. The van der Waals surface area contributed by atoms with Gasteiger partial charge in [-0.2, -0.15) is 21.0 Å². The van der Waals surface area contributed by atoms with E-state index < -0.39 is 0 Å². The molecule has 0 aliphatic carbocycles. The van der Waals surface area contributed by atoms with Crippen molar-refractivity contribution in [3.05, 3.63) is 46.5 Å². The lowest BCUT2D eigenvalue weighted by Gasteiger charge is -2.25. The van der Waals surface area contributed by atoms with Gasteiger partial charge in [0.25, 0.3) is 0 Å². The maximum atomic E-state index is 9.14. The highest BCUT2D eigenvalue weighted by Crippen LogP contribution is 2.40. The molecular formula is C22H18N6. The molecule has 0 aliphatic heterocycles. The van der Waals surface area contributed by atoms with E-state index in [2.05, 4.69) is 0 Å². The average molecular weight is 366 g/mol. The Morgan fingerprint density at radius 2 is 1.04 bits per heavy atom. The van der Waals surface area contributed by atoms with E-state index in [-0.39, 0.29) is 11.1 Å². The van der Waals surface area contributed by atoms with E-state index >= 15 is 0 Å². The first-order valence-corrected chi connectivity index (χ1v) is 8.36. The van der Waals surface area contributed by atoms with Crippen LogP contribution in [0, 0.1) is 45.3 Å². The smallest absolute Gasteiger partial charge is 0.130 e. The maximum Gasteiger partial charge on any atom is 0.130 e. The molecule has 2 aromatic carbocycles. The fourth-order valence-corrected chi connectivity index (χ4v) is 3.10. The number of hydrogen-bond donors (Lipinski definition) is 0. The van der Waals surface area contributed by atoms with Gasteiger partial charge in [0.1, 0.15) is 35.4 Å². The minimum atomic E-state index is 0.0150. The molecule has 0 saturated carbocycles. The van der Waals surface area contributed by atoms with Crippen molar-refractivity contribution in [2.24, 2.45) is 0 Å². The first-order chi connectivity index (χ1) is 13.4. The Hall–Kier alpha value is -4.26. The second kappa shape index (κ2) is 8.41. The quantitative estimate of drug-likeness (QED) is 0.762. The number of fused-ring (bicyclic) bond motifs is 1. The first kappa shape index (κ1) is 20.1. The van der Waals surface area contributed by atoms with Crippen LogP contribution >= 0.6 is 0 Å². The molecule has 0 radical (unpaired) electrons. The molecule has 0 N–H and O–H groups in total. The molecule has 136 valence electrons. The zero-order chi connectivity index (χ0) is 20.8. The van der Waals surface area contributed by atoms with Gasteiger partial charge in [-0.3, -0.25) is 0 Å². The molecule has 0 aromatic heterocycles. The number of rotatable bonds is 4. The topological polar surface area (TPSA) is 102 Å². The van der Waals surface area contributed by atoms with Gasteiger partial charge >= 0.3 is 0 Å². The fraction of sp³-hybridized carbons (Fsp3) is 0.182. The van der Waals surface area contributed by atoms with Crippen LogP contribution in [-0.2, 0) is 0 Å². The molecule has 28 heavy (non-hydrogen) atoms. The molecule has 6 heteroatoms. The zero-order valence-corrected chi connectivity index (χ0v) is 16.1. The highest BCUT2D eigenvalue weighted by atomic mass is 15.1. The van der Waals surface area contributed by atoms with Crippen LogP contribution in [0.1, 0.15) is 11.1 Å². The number of nitrogens with zero attached hydrogens (tertiary/aromatic N) is 6. The van der Waals surface area contributed by atoms with Gasteiger partial charge in [0.15, 0.2) is 0 Å². The summed E-state index contributed by atoms with van der Waals surface area (Å²) in [5.74, 6) is 0. The van der Waals surface area contributed by atoms with Crippen molar-refractivity contribution < 1.29 is 0 Å². The van der Waals surface area contributed by atoms with Gasteiger partial charge < -0.3 is 9.80 Å². The summed E-state index contributed by atoms with van der Waals surface area (Å²) in [6, 6.07) is 15.2. The largest absolute Gasteiger partial charge is 0.377 e. The van der Waals surface area contributed by atoms with E-state index in [1.54, 1.807) is 12.2 Å². The van der Waals surface area contributed by atoms with E-state index in [9.17, 15) is 0 Å². The molecule has 0 fully saturated rings. The van der Waals surface area contributed by atoms with Crippen molar-refractivity contribution in [1.29, 1.82) is 21.0 Å². The number of nitriles is 4.